The third kappa shape index (κ3) is 7.44. The maximum atomic E-state index is 11.9. The van der Waals surface area contributed by atoms with Crippen LogP contribution in [-0.2, 0) is 14.8 Å². The van der Waals surface area contributed by atoms with Crippen molar-refractivity contribution in [3.05, 3.63) is 0 Å². The molecule has 0 aromatic carbocycles. The predicted molar refractivity (Wildman–Crippen MR) is 81.0 cm³/mol. The van der Waals surface area contributed by atoms with E-state index in [-0.39, 0.29) is 30.7 Å². The molecule has 0 spiro atoms. The number of nitriles is 1. The van der Waals surface area contributed by atoms with Gasteiger partial charge >= 0.3 is 5.97 Å². The maximum Gasteiger partial charge on any atom is 0.303 e. The van der Waals surface area contributed by atoms with Gasteiger partial charge < -0.3 is 5.11 Å². The van der Waals surface area contributed by atoms with E-state index in [1.54, 1.807) is 13.0 Å². The van der Waals surface area contributed by atoms with E-state index in [0.717, 1.165) is 0 Å². The van der Waals surface area contributed by atoms with Crippen LogP contribution in [0.25, 0.3) is 0 Å². The number of carboxylic acids is 1. The highest BCUT2D eigenvalue weighted by Crippen LogP contribution is 2.32. The van der Waals surface area contributed by atoms with Crippen LogP contribution < -0.4 is 4.72 Å². The highest BCUT2D eigenvalue weighted by molar-refractivity contribution is 7.90. The molecule has 2 atom stereocenters. The summed E-state index contributed by atoms with van der Waals surface area (Å²) in [6, 6.07) is 1.77. The summed E-state index contributed by atoms with van der Waals surface area (Å²) in [5.74, 6) is -0.751. The Balaban J connectivity index is 4.57. The summed E-state index contributed by atoms with van der Waals surface area (Å²) in [7, 11) is -3.62. The number of carbonyl (C=O) groups is 1. The fraction of sp³-hybridized carbons (Fsp3) is 0.857. The molecule has 0 aliphatic carbocycles. The lowest BCUT2D eigenvalue weighted by Crippen LogP contribution is -2.35. The Bertz CT molecular complexity index is 474. The predicted octanol–water partition coefficient (Wildman–Crippen LogP) is 2.13. The van der Waals surface area contributed by atoms with E-state index in [0.29, 0.717) is 12.8 Å². The fourth-order valence-electron chi connectivity index (χ4n) is 2.16. The van der Waals surface area contributed by atoms with Crippen molar-refractivity contribution < 1.29 is 18.3 Å². The Morgan fingerprint density at radius 2 is 1.90 bits per heavy atom. The first-order valence-corrected chi connectivity index (χ1v) is 8.69. The van der Waals surface area contributed by atoms with Gasteiger partial charge in [0.15, 0.2) is 5.25 Å². The smallest absolute Gasteiger partial charge is 0.303 e. The second kappa shape index (κ2) is 8.35. The number of carboxylic acid groups (broad SMARTS) is 1. The minimum atomic E-state index is -3.62. The number of sulfonamides is 1. The number of hydrogen-bond donors (Lipinski definition) is 2. The summed E-state index contributed by atoms with van der Waals surface area (Å²) < 4.78 is 26.2. The van der Waals surface area contributed by atoms with E-state index in [9.17, 15) is 13.2 Å². The lowest BCUT2D eigenvalue weighted by Gasteiger charge is -2.30. The highest BCUT2D eigenvalue weighted by Gasteiger charge is 2.27. The molecule has 0 saturated carbocycles. The second-order valence-corrected chi connectivity index (χ2v) is 8.20. The summed E-state index contributed by atoms with van der Waals surface area (Å²) >= 11 is 0. The van der Waals surface area contributed by atoms with Gasteiger partial charge in [0.05, 0.1) is 6.07 Å². The van der Waals surface area contributed by atoms with Gasteiger partial charge in [-0.25, -0.2) is 13.1 Å². The fourth-order valence-corrected chi connectivity index (χ4v) is 3.35. The Morgan fingerprint density at radius 1 is 1.33 bits per heavy atom. The summed E-state index contributed by atoms with van der Waals surface area (Å²) in [5, 5.41) is 16.5. The van der Waals surface area contributed by atoms with Gasteiger partial charge in [-0.15, -0.1) is 0 Å². The molecule has 2 unspecified atom stereocenters. The maximum absolute atomic E-state index is 11.9. The van der Waals surface area contributed by atoms with E-state index in [2.05, 4.69) is 4.72 Å². The first-order valence-electron chi connectivity index (χ1n) is 7.14. The van der Waals surface area contributed by atoms with E-state index in [1.165, 1.54) is 0 Å². The van der Waals surface area contributed by atoms with E-state index in [1.807, 2.05) is 20.8 Å². The van der Waals surface area contributed by atoms with Crippen LogP contribution in [-0.4, -0.2) is 31.3 Å². The van der Waals surface area contributed by atoms with Gasteiger partial charge in [-0.2, -0.15) is 5.26 Å². The average Bonchev–Trinajstić information content (AvgIpc) is 2.32. The number of nitrogens with one attached hydrogen (secondary N) is 1. The zero-order valence-electron chi connectivity index (χ0n) is 13.2. The van der Waals surface area contributed by atoms with Gasteiger partial charge in [0, 0.05) is 13.0 Å². The quantitative estimate of drug-likeness (QED) is 0.677. The van der Waals surface area contributed by atoms with Crippen LogP contribution in [0.2, 0.25) is 0 Å². The molecular weight excluding hydrogens is 292 g/mol. The third-order valence-electron chi connectivity index (χ3n) is 3.62. The van der Waals surface area contributed by atoms with Gasteiger partial charge in [0.1, 0.15) is 0 Å². The van der Waals surface area contributed by atoms with Crippen molar-refractivity contribution in [2.24, 2.45) is 11.3 Å². The molecule has 0 radical (unpaired) electrons. The van der Waals surface area contributed by atoms with Crippen molar-refractivity contribution in [2.75, 3.05) is 6.54 Å². The Morgan fingerprint density at radius 3 is 2.29 bits per heavy atom. The molecule has 0 bridgehead atoms. The van der Waals surface area contributed by atoms with Crippen molar-refractivity contribution in [3.8, 4) is 6.07 Å². The van der Waals surface area contributed by atoms with Gasteiger partial charge in [0.25, 0.3) is 0 Å². The topological polar surface area (TPSA) is 107 Å². The van der Waals surface area contributed by atoms with Gasteiger partial charge in [-0.3, -0.25) is 4.79 Å². The molecule has 0 saturated heterocycles. The molecule has 21 heavy (non-hydrogen) atoms. The van der Waals surface area contributed by atoms with Crippen molar-refractivity contribution in [1.29, 1.82) is 5.26 Å². The molecule has 0 aliphatic heterocycles. The minimum Gasteiger partial charge on any atom is -0.481 e. The molecule has 0 aromatic rings. The molecule has 0 aromatic heterocycles. The first kappa shape index (κ1) is 19.9. The van der Waals surface area contributed by atoms with Crippen molar-refractivity contribution in [1.82, 2.24) is 4.72 Å². The monoisotopic (exact) mass is 318 g/mol. The average molecular weight is 318 g/mol. The normalized spacial score (nSPS) is 15.2. The highest BCUT2D eigenvalue weighted by atomic mass is 32.2. The molecule has 7 heteroatoms. The molecule has 0 heterocycles. The van der Waals surface area contributed by atoms with Crippen molar-refractivity contribution in [3.63, 3.8) is 0 Å². The molecule has 0 fully saturated rings. The third-order valence-corrected chi connectivity index (χ3v) is 5.41. The summed E-state index contributed by atoms with van der Waals surface area (Å²) in [5.41, 5.74) is -0.0969. The van der Waals surface area contributed by atoms with Crippen LogP contribution in [0.1, 0.15) is 53.4 Å². The second-order valence-electron chi connectivity index (χ2n) is 6.25. The zero-order chi connectivity index (χ0) is 16.7. The van der Waals surface area contributed by atoms with E-state index >= 15 is 0 Å². The lowest BCUT2D eigenvalue weighted by molar-refractivity contribution is -0.137. The first-order chi connectivity index (χ1) is 9.54. The van der Waals surface area contributed by atoms with Gasteiger partial charge in [-0.1, -0.05) is 27.7 Å². The molecule has 122 valence electrons. The van der Waals surface area contributed by atoms with Crippen LogP contribution in [0.3, 0.4) is 0 Å². The summed E-state index contributed by atoms with van der Waals surface area (Å²) in [6.07, 6.45) is 1.38. The number of rotatable bonds is 9. The van der Waals surface area contributed by atoms with Crippen molar-refractivity contribution in [2.45, 2.75) is 58.6 Å². The largest absolute Gasteiger partial charge is 0.481 e. The minimum absolute atomic E-state index is 0.0739. The van der Waals surface area contributed by atoms with Gasteiger partial charge in [0.2, 0.25) is 10.0 Å². The van der Waals surface area contributed by atoms with E-state index in [4.69, 9.17) is 10.4 Å². The van der Waals surface area contributed by atoms with Crippen LogP contribution in [0, 0.1) is 22.7 Å². The van der Waals surface area contributed by atoms with Crippen LogP contribution in [0.4, 0.5) is 0 Å². The van der Waals surface area contributed by atoms with Crippen LogP contribution in [0.5, 0.6) is 0 Å². The summed E-state index contributed by atoms with van der Waals surface area (Å²) in [6.45, 7) is 7.91. The number of aliphatic carboxylic acids is 1. The Labute approximate surface area is 127 Å². The number of hydrogen-bond acceptors (Lipinski definition) is 4. The molecule has 0 rings (SSSR count). The van der Waals surface area contributed by atoms with Gasteiger partial charge in [-0.05, 0) is 30.6 Å². The number of nitrogens with zero attached hydrogens (tertiary/aromatic N) is 1. The molecular formula is C14H26N2O4S. The molecule has 0 amide bonds. The van der Waals surface area contributed by atoms with Crippen LogP contribution in [0.15, 0.2) is 0 Å². The Kier molecular flexibility index (Phi) is 7.90. The van der Waals surface area contributed by atoms with Crippen LogP contribution >= 0.6 is 0 Å². The standard InChI is InChI=1S/C14H26N2O4S/c1-5-12(10-15)21(19,20)16-9-8-11(14(2,3)4)6-7-13(17)18/h11-12,16H,5-9H2,1-4H3,(H,17,18). The Hall–Kier alpha value is -1.13. The summed E-state index contributed by atoms with van der Waals surface area (Å²) in [4.78, 5) is 10.7. The molecule has 2 N–H and O–H groups in total. The molecule has 0 aliphatic rings. The molecule has 6 nitrogen and oxygen atoms in total. The van der Waals surface area contributed by atoms with Crippen molar-refractivity contribution >= 4 is 16.0 Å². The SMILES string of the molecule is CCC(C#N)S(=O)(=O)NCCC(CCC(=O)O)C(C)(C)C. The zero-order valence-corrected chi connectivity index (χ0v) is 14.0. The van der Waals surface area contributed by atoms with E-state index < -0.39 is 21.2 Å². The lowest BCUT2D eigenvalue weighted by atomic mass is 9.76.